The topological polar surface area (TPSA) is 72.7 Å². The summed E-state index contributed by atoms with van der Waals surface area (Å²) in [5, 5.41) is 14.9. The Hall–Kier alpha value is -3.02. The lowest BCUT2D eigenvalue weighted by molar-refractivity contribution is 0.0940. The van der Waals surface area contributed by atoms with E-state index in [0.29, 0.717) is 11.4 Å². The molecule has 1 unspecified atom stereocenters. The molecule has 0 spiro atoms. The quantitative estimate of drug-likeness (QED) is 0.775. The number of nitrogens with one attached hydrogen (secondary N) is 1. The highest BCUT2D eigenvalue weighted by atomic mass is 16.1. The van der Waals surface area contributed by atoms with E-state index < -0.39 is 0 Å². The molecule has 128 valence electrons. The number of amides is 1. The number of carbonyl (C=O) groups excluding carboxylic acids is 1. The molecular formula is C19H21N5O. The summed E-state index contributed by atoms with van der Waals surface area (Å²) in [4.78, 5) is 12.6. The van der Waals surface area contributed by atoms with Crippen molar-refractivity contribution in [3.63, 3.8) is 0 Å². The molecule has 1 amide bonds. The third-order valence-electron chi connectivity index (χ3n) is 4.01. The van der Waals surface area contributed by atoms with Gasteiger partial charge in [0, 0.05) is 11.1 Å². The van der Waals surface area contributed by atoms with E-state index in [0.717, 1.165) is 11.1 Å². The van der Waals surface area contributed by atoms with Crippen molar-refractivity contribution >= 4 is 5.91 Å². The minimum Gasteiger partial charge on any atom is -0.346 e. The fourth-order valence-electron chi connectivity index (χ4n) is 2.64. The molecular weight excluding hydrogens is 314 g/mol. The van der Waals surface area contributed by atoms with E-state index in [1.165, 1.54) is 0 Å². The lowest BCUT2D eigenvalue weighted by Gasteiger charge is -2.15. The largest absolute Gasteiger partial charge is 0.346 e. The molecule has 0 aliphatic carbocycles. The number of nitrogens with zero attached hydrogens (tertiary/aromatic N) is 4. The molecule has 3 rings (SSSR count). The third kappa shape index (κ3) is 3.74. The number of tetrazole rings is 1. The van der Waals surface area contributed by atoms with E-state index in [1.807, 2.05) is 69.3 Å². The summed E-state index contributed by atoms with van der Waals surface area (Å²) in [7, 11) is 0. The van der Waals surface area contributed by atoms with Crippen molar-refractivity contribution in [2.24, 2.45) is 0 Å². The molecule has 1 aromatic heterocycles. The van der Waals surface area contributed by atoms with E-state index >= 15 is 0 Å². The van der Waals surface area contributed by atoms with Crippen LogP contribution >= 0.6 is 0 Å². The van der Waals surface area contributed by atoms with Crippen LogP contribution in [0.1, 0.15) is 48.8 Å². The van der Waals surface area contributed by atoms with Crippen LogP contribution < -0.4 is 5.32 Å². The van der Waals surface area contributed by atoms with Crippen molar-refractivity contribution in [3.05, 3.63) is 65.7 Å². The predicted octanol–water partition coefficient (Wildman–Crippen LogP) is 3.41. The monoisotopic (exact) mass is 335 g/mol. The highest BCUT2D eigenvalue weighted by Crippen LogP contribution is 2.20. The van der Waals surface area contributed by atoms with E-state index in [-0.39, 0.29) is 18.0 Å². The number of rotatable bonds is 5. The summed E-state index contributed by atoms with van der Waals surface area (Å²) in [5.41, 5.74) is 2.47. The van der Waals surface area contributed by atoms with Crippen molar-refractivity contribution in [1.82, 2.24) is 25.5 Å². The number of aromatic nitrogens is 4. The maximum atomic E-state index is 12.6. The summed E-state index contributed by atoms with van der Waals surface area (Å²) in [6.45, 7) is 5.99. The van der Waals surface area contributed by atoms with Crippen LogP contribution in [-0.4, -0.2) is 26.1 Å². The van der Waals surface area contributed by atoms with Gasteiger partial charge in [0.1, 0.15) is 0 Å². The molecule has 0 aliphatic rings. The van der Waals surface area contributed by atoms with Gasteiger partial charge in [-0.25, -0.2) is 4.68 Å². The Bertz CT molecular complexity index is 857. The smallest absolute Gasteiger partial charge is 0.251 e. The van der Waals surface area contributed by atoms with Crippen molar-refractivity contribution in [3.8, 4) is 11.4 Å². The molecule has 0 bridgehead atoms. The van der Waals surface area contributed by atoms with E-state index in [2.05, 4.69) is 20.8 Å². The molecule has 2 aromatic carbocycles. The first-order valence-electron chi connectivity index (χ1n) is 8.30. The minimum absolute atomic E-state index is 0.0710. The number of carbonyl (C=O) groups is 1. The molecule has 1 heterocycles. The number of hydrogen-bond acceptors (Lipinski definition) is 4. The lowest BCUT2D eigenvalue weighted by atomic mass is 10.1. The van der Waals surface area contributed by atoms with Crippen molar-refractivity contribution < 1.29 is 4.79 Å². The van der Waals surface area contributed by atoms with Crippen LogP contribution in [0.4, 0.5) is 0 Å². The maximum Gasteiger partial charge on any atom is 0.251 e. The molecule has 3 aromatic rings. The highest BCUT2D eigenvalue weighted by Gasteiger charge is 2.15. The predicted molar refractivity (Wildman–Crippen MR) is 96.0 cm³/mol. The Morgan fingerprint density at radius 1 is 1.04 bits per heavy atom. The van der Waals surface area contributed by atoms with Gasteiger partial charge in [-0.3, -0.25) is 4.79 Å². The van der Waals surface area contributed by atoms with Crippen LogP contribution in [0.2, 0.25) is 0 Å². The molecule has 0 saturated carbocycles. The third-order valence-corrected chi connectivity index (χ3v) is 4.01. The summed E-state index contributed by atoms with van der Waals surface area (Å²) in [5.74, 6) is 0.530. The van der Waals surface area contributed by atoms with E-state index in [1.54, 1.807) is 10.7 Å². The van der Waals surface area contributed by atoms with Crippen molar-refractivity contribution in [2.45, 2.75) is 32.9 Å². The van der Waals surface area contributed by atoms with Crippen LogP contribution in [0, 0.1) is 0 Å². The molecule has 0 radical (unpaired) electrons. The SMILES string of the molecule is CC(NC(=O)c1cccc(-c2nnnn2C(C)C)c1)c1ccccc1. The zero-order valence-electron chi connectivity index (χ0n) is 14.5. The first-order chi connectivity index (χ1) is 12.1. The maximum absolute atomic E-state index is 12.6. The standard InChI is InChI=1S/C19H21N5O/c1-13(2)24-18(21-22-23-24)16-10-7-11-17(12-16)19(25)20-14(3)15-8-5-4-6-9-15/h4-14H,1-3H3,(H,20,25). The molecule has 6 nitrogen and oxygen atoms in total. The first-order valence-corrected chi connectivity index (χ1v) is 8.30. The van der Waals surface area contributed by atoms with E-state index in [9.17, 15) is 4.79 Å². The Morgan fingerprint density at radius 2 is 1.80 bits per heavy atom. The van der Waals surface area contributed by atoms with Crippen LogP contribution in [0.5, 0.6) is 0 Å². The second-order valence-corrected chi connectivity index (χ2v) is 6.23. The normalized spacial score (nSPS) is 12.2. The number of benzene rings is 2. The molecule has 1 atom stereocenters. The van der Waals surface area contributed by atoms with Gasteiger partial charge in [-0.1, -0.05) is 42.5 Å². The van der Waals surface area contributed by atoms with Crippen molar-refractivity contribution in [1.29, 1.82) is 0 Å². The van der Waals surface area contributed by atoms with Gasteiger partial charge in [0.05, 0.1) is 12.1 Å². The summed E-state index contributed by atoms with van der Waals surface area (Å²) >= 11 is 0. The van der Waals surface area contributed by atoms with Gasteiger partial charge in [-0.2, -0.15) is 0 Å². The zero-order chi connectivity index (χ0) is 17.8. The van der Waals surface area contributed by atoms with Gasteiger partial charge >= 0.3 is 0 Å². The summed E-state index contributed by atoms with van der Waals surface area (Å²) in [6.07, 6.45) is 0. The van der Waals surface area contributed by atoms with Gasteiger partial charge in [0.15, 0.2) is 5.82 Å². The summed E-state index contributed by atoms with van der Waals surface area (Å²) in [6, 6.07) is 17.3. The van der Waals surface area contributed by atoms with Crippen molar-refractivity contribution in [2.75, 3.05) is 0 Å². The first kappa shape index (κ1) is 16.8. The van der Waals surface area contributed by atoms with E-state index in [4.69, 9.17) is 0 Å². The fraction of sp³-hybridized carbons (Fsp3) is 0.263. The second kappa shape index (κ2) is 7.25. The fourth-order valence-corrected chi connectivity index (χ4v) is 2.64. The van der Waals surface area contributed by atoms with Gasteiger partial charge < -0.3 is 5.32 Å². The van der Waals surface area contributed by atoms with Crippen LogP contribution in [0.25, 0.3) is 11.4 Å². The van der Waals surface area contributed by atoms with Gasteiger partial charge in [0.25, 0.3) is 5.91 Å². The zero-order valence-corrected chi connectivity index (χ0v) is 14.5. The minimum atomic E-state index is -0.123. The van der Waals surface area contributed by atoms with Crippen LogP contribution in [0.15, 0.2) is 54.6 Å². The molecule has 25 heavy (non-hydrogen) atoms. The Labute approximate surface area is 146 Å². The lowest BCUT2D eigenvalue weighted by Crippen LogP contribution is -2.26. The van der Waals surface area contributed by atoms with Crippen LogP contribution in [-0.2, 0) is 0 Å². The molecule has 6 heteroatoms. The van der Waals surface area contributed by atoms with Crippen LogP contribution in [0.3, 0.4) is 0 Å². The van der Waals surface area contributed by atoms with Gasteiger partial charge in [0.2, 0.25) is 0 Å². The molecule has 0 aliphatic heterocycles. The Kier molecular flexibility index (Phi) is 4.88. The molecule has 1 N–H and O–H groups in total. The Balaban J connectivity index is 1.81. The average molecular weight is 335 g/mol. The Morgan fingerprint density at radius 3 is 2.52 bits per heavy atom. The van der Waals surface area contributed by atoms with Gasteiger partial charge in [-0.15, -0.1) is 5.10 Å². The molecule has 0 fully saturated rings. The number of hydrogen-bond donors (Lipinski definition) is 1. The average Bonchev–Trinajstić information content (AvgIpc) is 3.12. The second-order valence-electron chi connectivity index (χ2n) is 6.23. The molecule has 0 saturated heterocycles. The highest BCUT2D eigenvalue weighted by molar-refractivity contribution is 5.95. The summed E-state index contributed by atoms with van der Waals surface area (Å²) < 4.78 is 1.74. The van der Waals surface area contributed by atoms with Gasteiger partial charge in [-0.05, 0) is 48.9 Å².